The fourth-order valence-electron chi connectivity index (χ4n) is 4.95. The van der Waals surface area contributed by atoms with Crippen LogP contribution >= 0.6 is 0 Å². The highest BCUT2D eigenvalue weighted by molar-refractivity contribution is 6.11. The van der Waals surface area contributed by atoms with E-state index in [1.807, 2.05) is 0 Å². The van der Waals surface area contributed by atoms with Crippen molar-refractivity contribution in [2.24, 2.45) is 7.05 Å². The van der Waals surface area contributed by atoms with Crippen LogP contribution in [0.5, 0.6) is 0 Å². The number of pyridine rings is 1. The fourth-order valence-corrected chi connectivity index (χ4v) is 4.95. The van der Waals surface area contributed by atoms with Crippen LogP contribution in [0.3, 0.4) is 0 Å². The van der Waals surface area contributed by atoms with Gasteiger partial charge in [0.05, 0.1) is 28.4 Å². The van der Waals surface area contributed by atoms with Crippen LogP contribution in [0.15, 0.2) is 54.1 Å². The molecule has 130 valence electrons. The number of hydrogen-bond acceptors (Lipinski definition) is 1. The molecule has 0 amide bonds. The molecule has 2 unspecified atom stereocenters. The van der Waals surface area contributed by atoms with Crippen molar-refractivity contribution in [2.75, 3.05) is 11.9 Å². The van der Waals surface area contributed by atoms with Gasteiger partial charge in [0, 0.05) is 18.5 Å². The van der Waals surface area contributed by atoms with Crippen molar-refractivity contribution in [3.8, 4) is 0 Å². The van der Waals surface area contributed by atoms with Crippen LogP contribution in [0.25, 0.3) is 21.7 Å². The quantitative estimate of drug-likeness (QED) is 0.419. The maximum atomic E-state index is 2.47. The van der Waals surface area contributed by atoms with Crippen molar-refractivity contribution in [2.45, 2.75) is 32.7 Å². The summed E-state index contributed by atoms with van der Waals surface area (Å²) in [4.78, 5) is 2.47. The summed E-state index contributed by atoms with van der Waals surface area (Å²) in [5, 5.41) is 4.16. The Bertz CT molecular complexity index is 1150. The smallest absolute Gasteiger partial charge is 0.213 e. The van der Waals surface area contributed by atoms with Crippen LogP contribution < -0.4 is 9.47 Å². The lowest BCUT2D eigenvalue weighted by atomic mass is 9.81. The SMILES string of the molecule is CC1=CC2c3c4c(cc(C)cc4c4cc(C)ccc4[n+]3C)N(C)C2C=C1. The van der Waals surface area contributed by atoms with Gasteiger partial charge in [-0.2, -0.15) is 4.57 Å². The van der Waals surface area contributed by atoms with Crippen molar-refractivity contribution in [3.63, 3.8) is 0 Å². The number of allylic oxidation sites excluding steroid dienone is 2. The van der Waals surface area contributed by atoms with E-state index in [0.717, 1.165) is 0 Å². The van der Waals surface area contributed by atoms with Gasteiger partial charge in [-0.3, -0.25) is 0 Å². The molecule has 2 atom stereocenters. The number of benzene rings is 2. The number of fused-ring (bicyclic) bond motifs is 4. The van der Waals surface area contributed by atoms with Gasteiger partial charge in [-0.05, 0) is 38.5 Å². The molecule has 2 aliphatic rings. The van der Waals surface area contributed by atoms with E-state index in [0.29, 0.717) is 12.0 Å². The van der Waals surface area contributed by atoms with Crippen LogP contribution in [0.2, 0.25) is 0 Å². The predicted octanol–water partition coefficient (Wildman–Crippen LogP) is 4.85. The minimum Gasteiger partial charge on any atom is -0.366 e. The Morgan fingerprint density at radius 2 is 1.73 bits per heavy atom. The summed E-state index contributed by atoms with van der Waals surface area (Å²) in [5.74, 6) is 0.387. The van der Waals surface area contributed by atoms with E-state index in [-0.39, 0.29) is 0 Å². The second-order valence-electron chi connectivity index (χ2n) is 8.07. The number of likely N-dealkylation sites (N-methyl/N-ethyl adjacent to an activating group) is 1. The topological polar surface area (TPSA) is 7.12 Å². The average molecular weight is 341 g/mol. The molecule has 0 bridgehead atoms. The van der Waals surface area contributed by atoms with Crippen molar-refractivity contribution >= 4 is 27.4 Å². The van der Waals surface area contributed by atoms with Crippen molar-refractivity contribution in [1.82, 2.24) is 0 Å². The normalized spacial score (nSPS) is 21.3. The molecule has 0 saturated carbocycles. The van der Waals surface area contributed by atoms with Gasteiger partial charge in [0.1, 0.15) is 7.05 Å². The second-order valence-corrected chi connectivity index (χ2v) is 8.07. The Balaban J connectivity index is 2.02. The van der Waals surface area contributed by atoms with E-state index in [1.165, 1.54) is 49.8 Å². The molecule has 0 fully saturated rings. The zero-order valence-corrected chi connectivity index (χ0v) is 16.2. The fraction of sp³-hybridized carbons (Fsp3) is 0.292. The monoisotopic (exact) mass is 341 g/mol. The van der Waals surface area contributed by atoms with Gasteiger partial charge in [-0.15, -0.1) is 0 Å². The molecule has 3 aromatic rings. The lowest BCUT2D eigenvalue weighted by molar-refractivity contribution is -0.652. The number of aromatic nitrogens is 1. The van der Waals surface area contributed by atoms with Crippen molar-refractivity contribution in [1.29, 1.82) is 0 Å². The van der Waals surface area contributed by atoms with Crippen LogP contribution in [-0.4, -0.2) is 13.1 Å². The summed E-state index contributed by atoms with van der Waals surface area (Å²) < 4.78 is 2.43. The maximum absolute atomic E-state index is 2.47. The van der Waals surface area contributed by atoms with Gasteiger partial charge in [0.15, 0.2) is 0 Å². The number of anilines is 1. The van der Waals surface area contributed by atoms with Crippen LogP contribution in [-0.2, 0) is 7.05 Å². The number of aryl methyl sites for hydroxylation is 3. The molecule has 0 saturated heterocycles. The first-order valence-electron chi connectivity index (χ1n) is 9.42. The Labute approximate surface area is 155 Å². The highest BCUT2D eigenvalue weighted by Crippen LogP contribution is 2.45. The standard InChI is InChI=1S/C24H25N2/c1-14-6-8-20-17(10-14)18-12-16(3)13-22-23(18)24(26(20)5)19-11-15(2)7-9-21(19)25(22)4/h6-13,19,21H,1-5H3/q+1. The first-order valence-corrected chi connectivity index (χ1v) is 9.42. The third-order valence-electron chi connectivity index (χ3n) is 6.19. The average Bonchev–Trinajstić information content (AvgIpc) is 2.61. The van der Waals surface area contributed by atoms with E-state index in [1.54, 1.807) is 0 Å². The molecule has 5 rings (SSSR count). The first kappa shape index (κ1) is 15.6. The molecule has 1 aromatic heterocycles. The molecule has 1 aliphatic carbocycles. The van der Waals surface area contributed by atoms with Gasteiger partial charge < -0.3 is 4.90 Å². The zero-order chi connectivity index (χ0) is 18.2. The Morgan fingerprint density at radius 1 is 0.962 bits per heavy atom. The lowest BCUT2D eigenvalue weighted by Gasteiger charge is -2.39. The van der Waals surface area contributed by atoms with Crippen LogP contribution in [0, 0.1) is 13.8 Å². The Morgan fingerprint density at radius 3 is 2.54 bits per heavy atom. The van der Waals surface area contributed by atoms with E-state index in [2.05, 4.69) is 92.9 Å². The Kier molecular flexibility index (Phi) is 3.13. The Hall–Kier alpha value is -2.61. The highest BCUT2D eigenvalue weighted by Gasteiger charge is 2.39. The van der Waals surface area contributed by atoms with Gasteiger partial charge in [-0.1, -0.05) is 41.5 Å². The molecule has 0 N–H and O–H groups in total. The van der Waals surface area contributed by atoms with E-state index >= 15 is 0 Å². The van der Waals surface area contributed by atoms with Crippen molar-refractivity contribution in [3.05, 3.63) is 71.0 Å². The molecular formula is C24H25N2+. The third-order valence-corrected chi connectivity index (χ3v) is 6.19. The molecule has 0 spiro atoms. The summed E-state index contributed by atoms with van der Waals surface area (Å²) in [6, 6.07) is 11.9. The van der Waals surface area contributed by atoms with Gasteiger partial charge in [0.2, 0.25) is 11.2 Å². The second kappa shape index (κ2) is 5.20. The molecular weight excluding hydrogens is 316 g/mol. The number of hydrogen-bond donors (Lipinski definition) is 0. The summed E-state index contributed by atoms with van der Waals surface area (Å²) in [6.45, 7) is 6.60. The molecule has 0 radical (unpaired) electrons. The summed E-state index contributed by atoms with van der Waals surface area (Å²) in [5.41, 5.74) is 8.11. The minimum atomic E-state index is 0.380. The van der Waals surface area contributed by atoms with Gasteiger partial charge in [0.25, 0.3) is 0 Å². The van der Waals surface area contributed by atoms with E-state index in [9.17, 15) is 0 Å². The van der Waals surface area contributed by atoms with Crippen LogP contribution in [0.4, 0.5) is 5.69 Å². The molecule has 26 heavy (non-hydrogen) atoms. The molecule has 2 heterocycles. The first-order chi connectivity index (χ1) is 12.5. The van der Waals surface area contributed by atoms with Gasteiger partial charge >= 0.3 is 0 Å². The number of nitrogens with zero attached hydrogens (tertiary/aromatic N) is 2. The summed E-state index contributed by atoms with van der Waals surface area (Å²) >= 11 is 0. The van der Waals surface area contributed by atoms with Gasteiger partial charge in [-0.25, -0.2) is 0 Å². The lowest BCUT2D eigenvalue weighted by Crippen LogP contribution is -2.46. The minimum absolute atomic E-state index is 0.380. The van der Waals surface area contributed by atoms with E-state index < -0.39 is 0 Å². The third kappa shape index (κ3) is 1.96. The predicted molar refractivity (Wildman–Crippen MR) is 110 cm³/mol. The molecule has 2 aromatic carbocycles. The van der Waals surface area contributed by atoms with Crippen LogP contribution in [0.1, 0.15) is 29.7 Å². The summed E-state index contributed by atoms with van der Waals surface area (Å²) in [6.07, 6.45) is 7.08. The maximum Gasteiger partial charge on any atom is 0.213 e. The molecule has 2 nitrogen and oxygen atoms in total. The number of rotatable bonds is 0. The highest BCUT2D eigenvalue weighted by atomic mass is 15.2. The molecule has 2 heteroatoms. The van der Waals surface area contributed by atoms with E-state index in [4.69, 9.17) is 0 Å². The zero-order valence-electron chi connectivity index (χ0n) is 16.2. The van der Waals surface area contributed by atoms with Crippen molar-refractivity contribution < 1.29 is 4.57 Å². The molecule has 1 aliphatic heterocycles. The largest absolute Gasteiger partial charge is 0.366 e. The summed E-state index contributed by atoms with van der Waals surface area (Å²) in [7, 11) is 4.48.